The Morgan fingerprint density at radius 2 is 1.84 bits per heavy atom. The molecule has 2 aromatic carbocycles. The Balaban J connectivity index is 1.86. The van der Waals surface area contributed by atoms with Crippen molar-refractivity contribution >= 4 is 17.7 Å². The van der Waals surface area contributed by atoms with Crippen LogP contribution in [0, 0.1) is 18.3 Å². The number of rotatable bonds is 7. The van der Waals surface area contributed by atoms with Crippen molar-refractivity contribution in [2.45, 2.75) is 20.3 Å². The Bertz CT molecular complexity index is 1200. The number of anilines is 1. The summed E-state index contributed by atoms with van der Waals surface area (Å²) >= 11 is 0. The highest BCUT2D eigenvalue weighted by Gasteiger charge is 2.19. The molecule has 1 amide bonds. The van der Waals surface area contributed by atoms with E-state index in [1.807, 2.05) is 31.2 Å². The van der Waals surface area contributed by atoms with E-state index >= 15 is 0 Å². The molecule has 1 heterocycles. The molecule has 0 bridgehead atoms. The lowest BCUT2D eigenvalue weighted by atomic mass is 10.1. The van der Waals surface area contributed by atoms with Crippen molar-refractivity contribution in [3.05, 3.63) is 81.8 Å². The molecular weight excluding hydrogens is 392 g/mol. The highest BCUT2D eigenvalue weighted by atomic mass is 16.5. The van der Waals surface area contributed by atoms with Crippen molar-refractivity contribution in [1.29, 1.82) is 5.26 Å². The van der Waals surface area contributed by atoms with Crippen molar-refractivity contribution in [2.24, 2.45) is 7.05 Å². The summed E-state index contributed by atoms with van der Waals surface area (Å²) in [6, 6.07) is 18.2. The van der Waals surface area contributed by atoms with Gasteiger partial charge in [0, 0.05) is 7.05 Å². The Labute approximate surface area is 180 Å². The number of nitriles is 1. The van der Waals surface area contributed by atoms with Gasteiger partial charge in [-0.1, -0.05) is 37.3 Å². The summed E-state index contributed by atoms with van der Waals surface area (Å²) in [4.78, 5) is 25.7. The first kappa shape index (κ1) is 21.7. The zero-order valence-electron chi connectivity index (χ0n) is 17.8. The minimum absolute atomic E-state index is 0.101. The molecule has 7 heteroatoms. The molecule has 0 aliphatic rings. The Hall–Kier alpha value is -4.05. The van der Waals surface area contributed by atoms with Gasteiger partial charge in [-0.2, -0.15) is 5.26 Å². The SMILES string of the molecule is CCCOc1ccc(C=C(C#N)C(=O)Nc2c(C)n(C)n(-c3ccccc3)c2=O)cc1. The molecule has 3 aromatic rings. The van der Waals surface area contributed by atoms with Gasteiger partial charge in [-0.05, 0) is 49.2 Å². The Morgan fingerprint density at radius 3 is 2.45 bits per heavy atom. The summed E-state index contributed by atoms with van der Waals surface area (Å²) in [7, 11) is 1.74. The van der Waals surface area contributed by atoms with Gasteiger partial charge in [-0.15, -0.1) is 0 Å². The highest BCUT2D eigenvalue weighted by Crippen LogP contribution is 2.17. The fourth-order valence-electron chi connectivity index (χ4n) is 3.09. The third kappa shape index (κ3) is 4.75. The smallest absolute Gasteiger partial charge is 0.295 e. The maximum absolute atomic E-state index is 13.0. The number of hydrogen-bond acceptors (Lipinski definition) is 4. The molecule has 0 unspecified atom stereocenters. The van der Waals surface area contributed by atoms with Crippen LogP contribution in [0.5, 0.6) is 5.75 Å². The van der Waals surface area contributed by atoms with Crippen LogP contribution in [0.2, 0.25) is 0 Å². The lowest BCUT2D eigenvalue weighted by molar-refractivity contribution is -0.112. The molecule has 0 saturated heterocycles. The molecule has 1 N–H and O–H groups in total. The van der Waals surface area contributed by atoms with Gasteiger partial charge in [-0.3, -0.25) is 14.3 Å². The van der Waals surface area contributed by atoms with Crippen molar-refractivity contribution in [3.63, 3.8) is 0 Å². The molecule has 31 heavy (non-hydrogen) atoms. The second-order valence-electron chi connectivity index (χ2n) is 6.98. The average molecular weight is 416 g/mol. The summed E-state index contributed by atoms with van der Waals surface area (Å²) in [5.74, 6) is 0.0863. The van der Waals surface area contributed by atoms with Crippen molar-refractivity contribution < 1.29 is 9.53 Å². The van der Waals surface area contributed by atoms with Crippen molar-refractivity contribution in [2.75, 3.05) is 11.9 Å². The molecule has 0 aliphatic carbocycles. The third-order valence-corrected chi connectivity index (χ3v) is 4.82. The number of hydrogen-bond donors (Lipinski definition) is 1. The van der Waals surface area contributed by atoms with E-state index in [2.05, 4.69) is 5.32 Å². The van der Waals surface area contributed by atoms with E-state index in [1.165, 1.54) is 10.8 Å². The van der Waals surface area contributed by atoms with Crippen LogP contribution in [0.25, 0.3) is 11.8 Å². The number of carbonyl (C=O) groups is 1. The Morgan fingerprint density at radius 1 is 1.16 bits per heavy atom. The third-order valence-electron chi connectivity index (χ3n) is 4.82. The number of nitrogens with zero attached hydrogens (tertiary/aromatic N) is 3. The first-order valence-corrected chi connectivity index (χ1v) is 9.96. The molecule has 3 rings (SSSR count). The fraction of sp³-hybridized carbons (Fsp3) is 0.208. The second-order valence-corrected chi connectivity index (χ2v) is 6.98. The van der Waals surface area contributed by atoms with E-state index in [0.717, 1.165) is 12.2 Å². The standard InChI is InChI=1S/C24H24N4O3/c1-4-14-31-21-12-10-18(11-13-21)15-19(16-25)23(29)26-22-17(2)27(3)28(24(22)30)20-8-6-5-7-9-20/h5-13,15H,4,14H2,1-3H3,(H,26,29). The molecule has 0 atom stereocenters. The first-order valence-electron chi connectivity index (χ1n) is 9.96. The number of amides is 1. The lowest BCUT2D eigenvalue weighted by Crippen LogP contribution is -2.23. The first-order chi connectivity index (χ1) is 15.0. The van der Waals surface area contributed by atoms with Crippen LogP contribution in [-0.4, -0.2) is 21.9 Å². The van der Waals surface area contributed by atoms with Crippen LogP contribution < -0.4 is 15.6 Å². The topological polar surface area (TPSA) is 89.0 Å². The predicted molar refractivity (Wildman–Crippen MR) is 120 cm³/mol. The molecule has 158 valence electrons. The van der Waals surface area contributed by atoms with Crippen LogP contribution >= 0.6 is 0 Å². The van der Waals surface area contributed by atoms with Crippen LogP contribution in [0.4, 0.5) is 5.69 Å². The van der Waals surface area contributed by atoms with Crippen LogP contribution in [0.1, 0.15) is 24.6 Å². The van der Waals surface area contributed by atoms with E-state index in [0.29, 0.717) is 23.6 Å². The lowest BCUT2D eigenvalue weighted by Gasteiger charge is -2.07. The number of benzene rings is 2. The maximum Gasteiger partial charge on any atom is 0.295 e. The normalized spacial score (nSPS) is 11.1. The van der Waals surface area contributed by atoms with E-state index in [4.69, 9.17) is 4.74 Å². The molecule has 0 spiro atoms. The van der Waals surface area contributed by atoms with E-state index < -0.39 is 5.91 Å². The van der Waals surface area contributed by atoms with Crippen molar-refractivity contribution in [3.8, 4) is 17.5 Å². The zero-order chi connectivity index (χ0) is 22.4. The van der Waals surface area contributed by atoms with Crippen LogP contribution in [0.3, 0.4) is 0 Å². The molecule has 7 nitrogen and oxygen atoms in total. The number of nitrogens with one attached hydrogen (secondary N) is 1. The van der Waals surface area contributed by atoms with Gasteiger partial charge in [0.25, 0.3) is 11.5 Å². The summed E-state index contributed by atoms with van der Waals surface area (Å²) in [6.07, 6.45) is 2.39. The summed E-state index contributed by atoms with van der Waals surface area (Å²) in [6.45, 7) is 4.39. The van der Waals surface area contributed by atoms with E-state index in [-0.39, 0.29) is 16.8 Å². The molecule has 0 fully saturated rings. The average Bonchev–Trinajstić information content (AvgIpc) is 3.00. The summed E-state index contributed by atoms with van der Waals surface area (Å²) in [5, 5.41) is 12.1. The number of aromatic nitrogens is 2. The molecule has 0 radical (unpaired) electrons. The molecule has 0 saturated carbocycles. The van der Waals surface area contributed by atoms with E-state index in [9.17, 15) is 14.9 Å². The maximum atomic E-state index is 13.0. The quantitative estimate of drug-likeness (QED) is 0.468. The number of para-hydroxylation sites is 1. The van der Waals surface area contributed by atoms with Gasteiger partial charge in [0.05, 0.1) is 18.0 Å². The van der Waals surface area contributed by atoms with Gasteiger partial charge in [0.1, 0.15) is 23.1 Å². The predicted octanol–water partition coefficient (Wildman–Crippen LogP) is 3.82. The minimum Gasteiger partial charge on any atom is -0.494 e. The van der Waals surface area contributed by atoms with Gasteiger partial charge < -0.3 is 10.1 Å². The monoisotopic (exact) mass is 416 g/mol. The summed E-state index contributed by atoms with van der Waals surface area (Å²) in [5.41, 5.74) is 1.62. The van der Waals surface area contributed by atoms with Gasteiger partial charge in [0.2, 0.25) is 0 Å². The zero-order valence-corrected chi connectivity index (χ0v) is 17.8. The largest absolute Gasteiger partial charge is 0.494 e. The minimum atomic E-state index is -0.639. The van der Waals surface area contributed by atoms with Gasteiger partial charge in [0.15, 0.2) is 0 Å². The number of ether oxygens (including phenoxy) is 1. The molecule has 1 aromatic heterocycles. The highest BCUT2D eigenvalue weighted by molar-refractivity contribution is 6.09. The van der Waals surface area contributed by atoms with Crippen LogP contribution in [0.15, 0.2) is 65.0 Å². The Kier molecular flexibility index (Phi) is 6.73. The van der Waals surface area contributed by atoms with Crippen molar-refractivity contribution in [1.82, 2.24) is 9.36 Å². The molecular formula is C24H24N4O3. The fourth-order valence-corrected chi connectivity index (χ4v) is 3.09. The second kappa shape index (κ2) is 9.63. The summed E-state index contributed by atoms with van der Waals surface area (Å²) < 4.78 is 8.67. The van der Waals surface area contributed by atoms with E-state index in [1.54, 1.807) is 55.1 Å². The number of carbonyl (C=O) groups excluding carboxylic acids is 1. The van der Waals surface area contributed by atoms with Gasteiger partial charge >= 0.3 is 0 Å². The van der Waals surface area contributed by atoms with Gasteiger partial charge in [-0.25, -0.2) is 4.68 Å². The molecule has 0 aliphatic heterocycles. The van der Waals surface area contributed by atoms with Crippen LogP contribution in [-0.2, 0) is 11.8 Å².